The molecule has 0 N–H and O–H groups in total. The highest BCUT2D eigenvalue weighted by Crippen LogP contribution is 2.50. The Labute approximate surface area is 349 Å². The van der Waals surface area contributed by atoms with Crippen LogP contribution in [0.25, 0.3) is 33.4 Å². The molecule has 0 saturated carbocycles. The summed E-state index contributed by atoms with van der Waals surface area (Å²) in [7, 11) is 0. The van der Waals surface area contributed by atoms with Crippen LogP contribution >= 0.6 is 11.8 Å². The normalized spacial score (nSPS) is 13.6. The molecule has 4 heterocycles. The Bertz CT molecular complexity index is 3110. The fourth-order valence-electron chi connectivity index (χ4n) is 10.5. The summed E-state index contributed by atoms with van der Waals surface area (Å²) in [4.78, 5) is 7.87. The van der Waals surface area contributed by atoms with E-state index in [-0.39, 0.29) is 13.4 Å². The quantitative estimate of drug-likeness (QED) is 0.165. The average molecular weight is 765 g/mol. The lowest BCUT2D eigenvalue weighted by atomic mass is 9.29. The molecular weight excluding hydrogens is 730 g/mol. The highest BCUT2D eigenvalue weighted by molar-refractivity contribution is 8.00. The van der Waals surface area contributed by atoms with E-state index in [0.717, 1.165) is 0 Å². The summed E-state index contributed by atoms with van der Waals surface area (Å²) in [6, 6.07) is 76.8. The van der Waals surface area contributed by atoms with Crippen LogP contribution in [0.15, 0.2) is 216 Å². The summed E-state index contributed by atoms with van der Waals surface area (Å²) < 4.78 is 0. The smallest absolute Gasteiger partial charge is 0.252 e. The Balaban J connectivity index is 1.11. The third-order valence-electron chi connectivity index (χ3n) is 12.9. The van der Waals surface area contributed by atoms with Gasteiger partial charge in [-0.1, -0.05) is 169 Å². The molecule has 9 aromatic rings. The average Bonchev–Trinajstić information content (AvgIpc) is 3.31. The lowest BCUT2D eigenvalue weighted by Crippen LogP contribution is -2.68. The van der Waals surface area contributed by atoms with Crippen molar-refractivity contribution < 1.29 is 0 Å². The van der Waals surface area contributed by atoms with Gasteiger partial charge in [-0.05, 0) is 110 Å². The molecule has 0 radical (unpaired) electrons. The predicted molar refractivity (Wildman–Crippen MR) is 252 cm³/mol. The van der Waals surface area contributed by atoms with Gasteiger partial charge in [0, 0.05) is 43.8 Å². The summed E-state index contributed by atoms with van der Waals surface area (Å²) >= 11 is 1.93. The van der Waals surface area contributed by atoms with Gasteiger partial charge in [0.2, 0.25) is 6.71 Å². The van der Waals surface area contributed by atoms with Gasteiger partial charge < -0.3 is 9.80 Å². The molecule has 0 aromatic heterocycles. The van der Waals surface area contributed by atoms with Crippen LogP contribution in [0, 0.1) is 0 Å². The van der Waals surface area contributed by atoms with Crippen molar-refractivity contribution in [1.29, 1.82) is 0 Å². The monoisotopic (exact) mass is 764 g/mol. The summed E-state index contributed by atoms with van der Waals surface area (Å²) in [5.41, 5.74) is 23.0. The van der Waals surface area contributed by atoms with Crippen molar-refractivity contribution in [3.8, 4) is 33.4 Å². The molecule has 0 atom stereocenters. The van der Waals surface area contributed by atoms with E-state index in [1.54, 1.807) is 0 Å². The van der Waals surface area contributed by atoms with Crippen molar-refractivity contribution in [1.82, 2.24) is 0 Å². The molecule has 0 aliphatic carbocycles. The summed E-state index contributed by atoms with van der Waals surface area (Å²) in [5, 5.41) is 0. The van der Waals surface area contributed by atoms with Gasteiger partial charge in [0.15, 0.2) is 0 Å². The largest absolute Gasteiger partial charge is 0.312 e. The first-order chi connectivity index (χ1) is 29.3. The van der Waals surface area contributed by atoms with Crippen LogP contribution < -0.4 is 42.6 Å². The number of hydrogen-bond donors (Lipinski definition) is 0. The summed E-state index contributed by atoms with van der Waals surface area (Å²) in [6.45, 7) is 0.229. The van der Waals surface area contributed by atoms with Gasteiger partial charge in [0.1, 0.15) is 0 Å². The van der Waals surface area contributed by atoms with Crippen molar-refractivity contribution in [2.45, 2.75) is 9.79 Å². The Morgan fingerprint density at radius 3 is 1.37 bits per heavy atom. The first-order valence-corrected chi connectivity index (χ1v) is 21.3. The van der Waals surface area contributed by atoms with Gasteiger partial charge in [0.05, 0.1) is 5.69 Å². The van der Waals surface area contributed by atoms with E-state index in [9.17, 15) is 0 Å². The number of hydrogen-bond acceptors (Lipinski definition) is 3. The molecule has 272 valence electrons. The molecule has 0 unspecified atom stereocenters. The van der Waals surface area contributed by atoms with Crippen molar-refractivity contribution in [3.63, 3.8) is 0 Å². The van der Waals surface area contributed by atoms with Crippen LogP contribution in [0.2, 0.25) is 0 Å². The molecule has 4 aliphatic rings. The van der Waals surface area contributed by atoms with E-state index in [1.807, 2.05) is 11.8 Å². The van der Waals surface area contributed by atoms with Gasteiger partial charge in [-0.2, -0.15) is 0 Å². The molecule has 0 bridgehead atoms. The van der Waals surface area contributed by atoms with Crippen LogP contribution in [0.4, 0.5) is 34.1 Å². The Morgan fingerprint density at radius 2 is 0.763 bits per heavy atom. The van der Waals surface area contributed by atoms with Crippen LogP contribution in [0.3, 0.4) is 0 Å². The zero-order chi connectivity index (χ0) is 38.6. The van der Waals surface area contributed by atoms with Crippen molar-refractivity contribution >= 4 is 92.1 Å². The topological polar surface area (TPSA) is 6.48 Å². The van der Waals surface area contributed by atoms with Crippen molar-refractivity contribution in [2.24, 2.45) is 0 Å². The minimum atomic E-state index is 0.0801. The molecule has 0 spiro atoms. The van der Waals surface area contributed by atoms with E-state index < -0.39 is 0 Å². The molecule has 0 amide bonds. The van der Waals surface area contributed by atoms with Crippen molar-refractivity contribution in [2.75, 3.05) is 9.80 Å². The van der Waals surface area contributed by atoms with E-state index in [4.69, 9.17) is 0 Å². The predicted octanol–water partition coefficient (Wildman–Crippen LogP) is 10.1. The first-order valence-electron chi connectivity index (χ1n) is 20.5. The first kappa shape index (κ1) is 33.1. The van der Waals surface area contributed by atoms with Crippen LogP contribution in [-0.2, 0) is 0 Å². The lowest BCUT2D eigenvalue weighted by Gasteiger charge is -2.49. The molecule has 4 aliphatic heterocycles. The van der Waals surface area contributed by atoms with E-state index >= 15 is 0 Å². The second kappa shape index (κ2) is 12.8. The second-order valence-corrected chi connectivity index (χ2v) is 17.1. The molecule has 9 aromatic carbocycles. The second-order valence-electron chi connectivity index (χ2n) is 16.0. The maximum absolute atomic E-state index is 2.61. The molecule has 0 saturated heterocycles. The number of nitrogens with zero attached hydrogens (tertiary/aromatic N) is 2. The Kier molecular flexibility index (Phi) is 7.16. The van der Waals surface area contributed by atoms with Gasteiger partial charge in [-0.25, -0.2) is 0 Å². The lowest BCUT2D eigenvalue weighted by molar-refractivity contribution is 1.23. The number of para-hydroxylation sites is 4. The fourth-order valence-corrected chi connectivity index (χ4v) is 11.7. The molecule has 5 heteroatoms. The highest BCUT2D eigenvalue weighted by atomic mass is 32.2. The molecule has 13 rings (SSSR count). The van der Waals surface area contributed by atoms with E-state index in [0.29, 0.717) is 0 Å². The summed E-state index contributed by atoms with van der Waals surface area (Å²) in [5.74, 6) is 0. The maximum atomic E-state index is 2.61. The number of benzene rings is 9. The van der Waals surface area contributed by atoms with E-state index in [2.05, 4.69) is 216 Å². The third kappa shape index (κ3) is 4.80. The van der Waals surface area contributed by atoms with Gasteiger partial charge >= 0.3 is 0 Å². The zero-order valence-corrected chi connectivity index (χ0v) is 32.9. The Morgan fingerprint density at radius 1 is 0.305 bits per heavy atom. The minimum Gasteiger partial charge on any atom is -0.312 e. The standard InChI is InChI=1S/C54H34B2N2S/c1-3-17-35(18-4-1)37-31-38(36-19-5-2-6-20-36)33-39(32-37)40-21-7-12-26-45(40)57-46-27-13-8-22-41(46)55-42-23-9-14-28-47(42)58-48-29-15-10-24-43(48)56-44-25-11-16-30-50(44)59-51-34-49(57)52(55)54(58)53(51)56/h1-34H. The van der Waals surface area contributed by atoms with Crippen LogP contribution in [0.5, 0.6) is 0 Å². The van der Waals surface area contributed by atoms with Gasteiger partial charge in [0.25, 0.3) is 6.71 Å². The third-order valence-corrected chi connectivity index (χ3v) is 14.0. The number of fused-ring (bicyclic) bond motifs is 10. The van der Waals surface area contributed by atoms with E-state index in [1.165, 1.54) is 110 Å². The zero-order valence-electron chi connectivity index (χ0n) is 32.1. The fraction of sp³-hybridized carbons (Fsp3) is 0. The van der Waals surface area contributed by atoms with Crippen LogP contribution in [0.1, 0.15) is 0 Å². The molecule has 2 nitrogen and oxygen atoms in total. The number of anilines is 6. The summed E-state index contributed by atoms with van der Waals surface area (Å²) in [6.07, 6.45) is 0. The van der Waals surface area contributed by atoms with Gasteiger partial charge in [-0.15, -0.1) is 0 Å². The van der Waals surface area contributed by atoms with Crippen molar-refractivity contribution in [3.05, 3.63) is 206 Å². The number of rotatable bonds is 4. The maximum Gasteiger partial charge on any atom is 0.252 e. The molecular formula is C54H34B2N2S. The SMILES string of the molecule is c1ccc(-c2cc(-c3ccccc3)cc(-c3ccccc3N3c4ccccc4B4c5ccccc5N5c6ccccc6B6c7ccccc7Sc7cc3c4c5c76)c2)cc1. The molecule has 0 fully saturated rings. The van der Waals surface area contributed by atoms with Gasteiger partial charge in [-0.3, -0.25) is 0 Å². The minimum absolute atomic E-state index is 0.0801. The van der Waals surface area contributed by atoms with Crippen LogP contribution in [-0.4, -0.2) is 13.4 Å². The molecule has 59 heavy (non-hydrogen) atoms. The Hall–Kier alpha value is -6.94. The highest BCUT2D eigenvalue weighted by Gasteiger charge is 2.50.